The quantitative estimate of drug-likeness (QED) is 0.684. The summed E-state index contributed by atoms with van der Waals surface area (Å²) in [6.07, 6.45) is 4.33. The summed E-state index contributed by atoms with van der Waals surface area (Å²) in [4.78, 5) is 16.2. The summed E-state index contributed by atoms with van der Waals surface area (Å²) in [5.74, 6) is 0.0874. The Hall–Kier alpha value is -1.78. The number of hydrogen-bond donors (Lipinski definition) is 2. The second-order valence-corrected chi connectivity index (χ2v) is 7.00. The highest BCUT2D eigenvalue weighted by Crippen LogP contribution is 2.21. The number of nitrogens with one attached hydrogen (secondary N) is 2. The molecule has 0 bridgehead atoms. The minimum atomic E-state index is 0.0874. The van der Waals surface area contributed by atoms with Gasteiger partial charge in [-0.3, -0.25) is 4.79 Å². The number of amides is 1. The number of halogens is 1. The molecule has 2 aromatic heterocycles. The van der Waals surface area contributed by atoms with Gasteiger partial charge in [0, 0.05) is 28.4 Å². The van der Waals surface area contributed by atoms with Crippen LogP contribution in [-0.4, -0.2) is 10.9 Å². The Morgan fingerprint density at radius 1 is 1.23 bits per heavy atom. The van der Waals surface area contributed by atoms with Gasteiger partial charge < -0.3 is 10.3 Å². The van der Waals surface area contributed by atoms with Crippen LogP contribution in [0.25, 0.3) is 10.9 Å². The van der Waals surface area contributed by atoms with Gasteiger partial charge in [0.2, 0.25) is 5.91 Å². The van der Waals surface area contributed by atoms with Gasteiger partial charge in [0.15, 0.2) is 0 Å². The Bertz CT molecular complexity index is 778. The molecule has 1 amide bonds. The Morgan fingerprint density at radius 3 is 2.91 bits per heavy atom. The van der Waals surface area contributed by atoms with Crippen molar-refractivity contribution in [2.24, 2.45) is 0 Å². The summed E-state index contributed by atoms with van der Waals surface area (Å²) < 4.78 is 0.753. The van der Waals surface area contributed by atoms with Crippen LogP contribution in [0.1, 0.15) is 23.3 Å². The maximum absolute atomic E-state index is 11.9. The Balaban J connectivity index is 1.45. The van der Waals surface area contributed by atoms with Crippen molar-refractivity contribution in [2.45, 2.75) is 25.8 Å². The van der Waals surface area contributed by atoms with E-state index in [0.717, 1.165) is 27.6 Å². The molecule has 0 unspecified atom stereocenters. The number of fused-ring (bicyclic) bond motifs is 1. The zero-order valence-corrected chi connectivity index (χ0v) is 13.6. The third kappa shape index (κ3) is 3.70. The molecule has 5 heteroatoms. The number of benzene rings is 1. The molecule has 0 aliphatic carbocycles. The van der Waals surface area contributed by atoms with E-state index in [1.807, 2.05) is 30.5 Å². The highest BCUT2D eigenvalue weighted by molar-refractivity contribution is 7.16. The molecule has 0 spiro atoms. The van der Waals surface area contributed by atoms with Crippen molar-refractivity contribution in [2.75, 3.05) is 0 Å². The molecular formula is C17H17ClN2OS. The normalized spacial score (nSPS) is 11.0. The first-order chi connectivity index (χ1) is 10.7. The summed E-state index contributed by atoms with van der Waals surface area (Å²) >= 11 is 7.37. The van der Waals surface area contributed by atoms with Gasteiger partial charge in [-0.25, -0.2) is 0 Å². The van der Waals surface area contributed by atoms with Crippen molar-refractivity contribution < 1.29 is 4.79 Å². The summed E-state index contributed by atoms with van der Waals surface area (Å²) in [5.41, 5.74) is 2.42. The molecule has 0 fully saturated rings. The Kier molecular flexibility index (Phi) is 4.80. The summed E-state index contributed by atoms with van der Waals surface area (Å²) in [6, 6.07) is 12.0. The highest BCUT2D eigenvalue weighted by atomic mass is 35.5. The van der Waals surface area contributed by atoms with Crippen LogP contribution in [0, 0.1) is 0 Å². The number of hydrogen-bond acceptors (Lipinski definition) is 2. The third-order valence-electron chi connectivity index (χ3n) is 3.61. The van der Waals surface area contributed by atoms with E-state index in [4.69, 9.17) is 11.6 Å². The average molecular weight is 333 g/mol. The number of aryl methyl sites for hydroxylation is 1. The van der Waals surface area contributed by atoms with E-state index in [2.05, 4.69) is 22.4 Å². The fourth-order valence-electron chi connectivity index (χ4n) is 2.50. The monoisotopic (exact) mass is 332 g/mol. The smallest absolute Gasteiger partial charge is 0.220 e. The van der Waals surface area contributed by atoms with Gasteiger partial charge in [-0.2, -0.15) is 0 Å². The first-order valence-corrected chi connectivity index (χ1v) is 8.48. The predicted octanol–water partition coefficient (Wildman–Crippen LogP) is 4.52. The van der Waals surface area contributed by atoms with E-state index in [0.29, 0.717) is 13.0 Å². The Labute approximate surface area is 138 Å². The SMILES string of the molecule is O=C(CCCc1c[nH]c2ccccc12)NCc1ccc(Cl)s1. The van der Waals surface area contributed by atoms with Crippen molar-refractivity contribution in [1.82, 2.24) is 10.3 Å². The van der Waals surface area contributed by atoms with E-state index < -0.39 is 0 Å². The molecular weight excluding hydrogens is 316 g/mol. The summed E-state index contributed by atoms with van der Waals surface area (Å²) in [7, 11) is 0. The second kappa shape index (κ2) is 6.99. The van der Waals surface area contributed by atoms with Crippen LogP contribution in [0.3, 0.4) is 0 Å². The largest absolute Gasteiger partial charge is 0.361 e. The molecule has 22 heavy (non-hydrogen) atoms. The van der Waals surface area contributed by atoms with Gasteiger partial charge in [-0.1, -0.05) is 29.8 Å². The number of thiophene rings is 1. The molecule has 3 nitrogen and oxygen atoms in total. The second-order valence-electron chi connectivity index (χ2n) is 5.20. The number of H-pyrrole nitrogens is 1. The molecule has 1 aromatic carbocycles. The van der Waals surface area contributed by atoms with Gasteiger partial charge in [0.1, 0.15) is 0 Å². The van der Waals surface area contributed by atoms with Gasteiger partial charge >= 0.3 is 0 Å². The number of aromatic nitrogens is 1. The van der Waals surface area contributed by atoms with Crippen molar-refractivity contribution >= 4 is 39.7 Å². The van der Waals surface area contributed by atoms with Crippen molar-refractivity contribution in [3.8, 4) is 0 Å². The fourth-order valence-corrected chi connectivity index (χ4v) is 3.53. The molecule has 0 saturated carbocycles. The van der Waals surface area contributed by atoms with Crippen molar-refractivity contribution in [1.29, 1.82) is 0 Å². The van der Waals surface area contributed by atoms with Crippen LogP contribution in [0.2, 0.25) is 4.34 Å². The van der Waals surface area contributed by atoms with Crippen LogP contribution in [-0.2, 0) is 17.8 Å². The zero-order valence-electron chi connectivity index (χ0n) is 12.1. The summed E-state index contributed by atoms with van der Waals surface area (Å²) in [5, 5.41) is 4.18. The number of rotatable bonds is 6. The van der Waals surface area contributed by atoms with E-state index in [1.54, 1.807) is 0 Å². The van der Waals surface area contributed by atoms with Crippen LogP contribution < -0.4 is 5.32 Å². The standard InChI is InChI=1S/C17H17ClN2OS/c18-16-9-8-13(22-16)11-20-17(21)7-3-4-12-10-19-15-6-2-1-5-14(12)15/h1-2,5-6,8-10,19H,3-4,7,11H2,(H,20,21). The minimum absolute atomic E-state index is 0.0874. The van der Waals surface area contributed by atoms with Crippen molar-refractivity contribution in [3.63, 3.8) is 0 Å². The minimum Gasteiger partial charge on any atom is -0.361 e. The lowest BCUT2D eigenvalue weighted by Gasteiger charge is -2.03. The lowest BCUT2D eigenvalue weighted by molar-refractivity contribution is -0.121. The number of aromatic amines is 1. The van der Waals surface area contributed by atoms with Crippen LogP contribution in [0.15, 0.2) is 42.6 Å². The maximum atomic E-state index is 11.9. The Morgan fingerprint density at radius 2 is 2.09 bits per heavy atom. The van der Waals surface area contributed by atoms with E-state index in [9.17, 15) is 4.79 Å². The average Bonchev–Trinajstić information content (AvgIpc) is 3.12. The van der Waals surface area contributed by atoms with E-state index in [-0.39, 0.29) is 5.91 Å². The molecule has 114 valence electrons. The van der Waals surface area contributed by atoms with E-state index >= 15 is 0 Å². The molecule has 3 rings (SSSR count). The van der Waals surface area contributed by atoms with Gasteiger partial charge in [-0.15, -0.1) is 11.3 Å². The number of para-hydroxylation sites is 1. The maximum Gasteiger partial charge on any atom is 0.220 e. The molecule has 2 N–H and O–H groups in total. The first-order valence-electron chi connectivity index (χ1n) is 7.28. The van der Waals surface area contributed by atoms with Gasteiger partial charge in [0.05, 0.1) is 10.9 Å². The van der Waals surface area contributed by atoms with Crippen LogP contribution >= 0.6 is 22.9 Å². The van der Waals surface area contributed by atoms with E-state index in [1.165, 1.54) is 22.3 Å². The number of carbonyl (C=O) groups is 1. The highest BCUT2D eigenvalue weighted by Gasteiger charge is 2.06. The fraction of sp³-hybridized carbons (Fsp3) is 0.235. The molecule has 0 aliphatic rings. The molecule has 0 saturated heterocycles. The van der Waals surface area contributed by atoms with Gasteiger partial charge in [-0.05, 0) is 36.6 Å². The predicted molar refractivity (Wildman–Crippen MR) is 92.4 cm³/mol. The first kappa shape index (κ1) is 15.1. The molecule has 3 aromatic rings. The van der Waals surface area contributed by atoms with Gasteiger partial charge in [0.25, 0.3) is 0 Å². The lowest BCUT2D eigenvalue weighted by Crippen LogP contribution is -2.21. The molecule has 0 radical (unpaired) electrons. The zero-order chi connectivity index (χ0) is 15.4. The lowest BCUT2D eigenvalue weighted by atomic mass is 10.1. The summed E-state index contributed by atoms with van der Waals surface area (Å²) in [6.45, 7) is 0.559. The topological polar surface area (TPSA) is 44.9 Å². The third-order valence-corrected chi connectivity index (χ3v) is 4.84. The molecule has 0 atom stereocenters. The van der Waals surface area contributed by atoms with Crippen LogP contribution in [0.4, 0.5) is 0 Å². The van der Waals surface area contributed by atoms with Crippen molar-refractivity contribution in [3.05, 3.63) is 57.4 Å². The number of carbonyl (C=O) groups excluding carboxylic acids is 1. The molecule has 0 aliphatic heterocycles. The van der Waals surface area contributed by atoms with Crippen LogP contribution in [0.5, 0.6) is 0 Å². The molecule has 2 heterocycles.